The molecule has 1 fully saturated rings. The predicted octanol–water partition coefficient (Wildman–Crippen LogP) is 3.42. The van der Waals surface area contributed by atoms with Gasteiger partial charge in [0.25, 0.3) is 0 Å². The fraction of sp³-hybridized carbons (Fsp3) is 0.500. The Kier molecular flexibility index (Phi) is 3.53. The van der Waals surface area contributed by atoms with E-state index in [-0.39, 0.29) is 17.9 Å². The number of anilines is 1. The quantitative estimate of drug-likeness (QED) is 0.912. The molecule has 0 aliphatic carbocycles. The second kappa shape index (κ2) is 4.81. The lowest BCUT2D eigenvalue weighted by molar-refractivity contribution is -0.137. The van der Waals surface area contributed by atoms with E-state index < -0.39 is 5.97 Å². The van der Waals surface area contributed by atoms with Gasteiger partial charge in [0.05, 0.1) is 0 Å². The SMILES string of the molecule is CC1(C)CC(CC(=O)O)CN1c1cccc(Cl)c1. The molecule has 0 amide bonds. The molecule has 1 atom stereocenters. The van der Waals surface area contributed by atoms with E-state index in [1.165, 1.54) is 0 Å². The van der Waals surface area contributed by atoms with Crippen molar-refractivity contribution >= 4 is 23.3 Å². The van der Waals surface area contributed by atoms with Gasteiger partial charge in [-0.3, -0.25) is 4.79 Å². The molecule has 1 aromatic rings. The molecule has 1 aliphatic rings. The number of aliphatic carboxylic acids is 1. The Labute approximate surface area is 112 Å². The van der Waals surface area contributed by atoms with Crippen LogP contribution in [0.4, 0.5) is 5.69 Å². The first-order valence-corrected chi connectivity index (χ1v) is 6.51. The summed E-state index contributed by atoms with van der Waals surface area (Å²) in [6.07, 6.45) is 1.13. The second-order valence-electron chi connectivity index (χ2n) is 5.57. The van der Waals surface area contributed by atoms with Crippen molar-refractivity contribution in [3.63, 3.8) is 0 Å². The number of hydrogen-bond acceptors (Lipinski definition) is 2. The summed E-state index contributed by atoms with van der Waals surface area (Å²) < 4.78 is 0. The topological polar surface area (TPSA) is 40.5 Å². The summed E-state index contributed by atoms with van der Waals surface area (Å²) in [6, 6.07) is 7.74. The molecule has 1 aromatic carbocycles. The van der Waals surface area contributed by atoms with Crippen molar-refractivity contribution in [3.05, 3.63) is 29.3 Å². The molecule has 2 rings (SSSR count). The van der Waals surface area contributed by atoms with Crippen LogP contribution in [0.2, 0.25) is 5.02 Å². The van der Waals surface area contributed by atoms with Crippen LogP contribution in [-0.4, -0.2) is 23.2 Å². The van der Waals surface area contributed by atoms with Gasteiger partial charge >= 0.3 is 5.97 Å². The summed E-state index contributed by atoms with van der Waals surface area (Å²) in [7, 11) is 0. The molecule has 1 unspecified atom stereocenters. The van der Waals surface area contributed by atoms with Gasteiger partial charge in [0, 0.05) is 29.2 Å². The molecule has 1 aliphatic heterocycles. The third-order valence-corrected chi connectivity index (χ3v) is 3.78. The zero-order chi connectivity index (χ0) is 13.3. The molecule has 0 bridgehead atoms. The molecule has 3 nitrogen and oxygen atoms in total. The highest BCUT2D eigenvalue weighted by molar-refractivity contribution is 6.30. The minimum Gasteiger partial charge on any atom is -0.481 e. The summed E-state index contributed by atoms with van der Waals surface area (Å²) in [6.45, 7) is 5.07. The van der Waals surface area contributed by atoms with Crippen LogP contribution in [0.15, 0.2) is 24.3 Å². The van der Waals surface area contributed by atoms with Crippen LogP contribution >= 0.6 is 11.6 Å². The number of halogens is 1. The Morgan fingerprint density at radius 3 is 2.89 bits per heavy atom. The van der Waals surface area contributed by atoms with E-state index in [0.717, 1.165) is 18.7 Å². The van der Waals surface area contributed by atoms with Crippen molar-refractivity contribution < 1.29 is 9.90 Å². The Morgan fingerprint density at radius 2 is 2.28 bits per heavy atom. The lowest BCUT2D eigenvalue weighted by Gasteiger charge is -2.33. The van der Waals surface area contributed by atoms with E-state index in [1.54, 1.807) is 0 Å². The Hall–Kier alpha value is -1.22. The van der Waals surface area contributed by atoms with Gasteiger partial charge in [-0.15, -0.1) is 0 Å². The van der Waals surface area contributed by atoms with Crippen LogP contribution in [-0.2, 0) is 4.79 Å². The average Bonchev–Trinajstić information content (AvgIpc) is 2.52. The number of rotatable bonds is 3. The molecule has 1 heterocycles. The van der Waals surface area contributed by atoms with Gasteiger partial charge in [-0.25, -0.2) is 0 Å². The van der Waals surface area contributed by atoms with Crippen LogP contribution < -0.4 is 4.90 Å². The molecule has 98 valence electrons. The predicted molar refractivity (Wildman–Crippen MR) is 73.2 cm³/mol. The first-order valence-electron chi connectivity index (χ1n) is 6.13. The van der Waals surface area contributed by atoms with Gasteiger partial charge in [-0.1, -0.05) is 17.7 Å². The summed E-state index contributed by atoms with van der Waals surface area (Å²) in [5.74, 6) is -0.514. The maximum absolute atomic E-state index is 10.8. The lowest BCUT2D eigenvalue weighted by atomic mass is 9.94. The molecular formula is C14H18ClNO2. The number of carbonyl (C=O) groups is 1. The molecule has 4 heteroatoms. The maximum atomic E-state index is 10.8. The van der Waals surface area contributed by atoms with Crippen molar-refractivity contribution in [3.8, 4) is 0 Å². The fourth-order valence-electron chi connectivity index (χ4n) is 2.87. The summed E-state index contributed by atoms with van der Waals surface area (Å²) in [4.78, 5) is 13.1. The number of carboxylic acid groups (broad SMARTS) is 1. The first kappa shape index (κ1) is 13.2. The Balaban J connectivity index is 2.20. The van der Waals surface area contributed by atoms with Crippen molar-refractivity contribution in [1.29, 1.82) is 0 Å². The van der Waals surface area contributed by atoms with E-state index in [9.17, 15) is 4.79 Å². The van der Waals surface area contributed by atoms with Crippen molar-refractivity contribution in [2.75, 3.05) is 11.4 Å². The Bertz CT molecular complexity index is 459. The van der Waals surface area contributed by atoms with Gasteiger partial charge in [0.15, 0.2) is 0 Å². The smallest absolute Gasteiger partial charge is 0.303 e. The van der Waals surface area contributed by atoms with Crippen molar-refractivity contribution in [2.24, 2.45) is 5.92 Å². The van der Waals surface area contributed by atoms with E-state index >= 15 is 0 Å². The highest BCUT2D eigenvalue weighted by Crippen LogP contribution is 2.38. The van der Waals surface area contributed by atoms with Crippen LogP contribution in [0, 0.1) is 5.92 Å². The second-order valence-corrected chi connectivity index (χ2v) is 6.01. The minimum absolute atomic E-state index is 0.0230. The summed E-state index contributed by atoms with van der Waals surface area (Å²) in [5.41, 5.74) is 1.05. The monoisotopic (exact) mass is 267 g/mol. The van der Waals surface area contributed by atoms with E-state index in [4.69, 9.17) is 16.7 Å². The van der Waals surface area contributed by atoms with Crippen LogP contribution in [0.1, 0.15) is 26.7 Å². The highest BCUT2D eigenvalue weighted by Gasteiger charge is 2.39. The number of hydrogen-bond donors (Lipinski definition) is 1. The third-order valence-electron chi connectivity index (χ3n) is 3.54. The Morgan fingerprint density at radius 1 is 1.56 bits per heavy atom. The first-order chi connectivity index (χ1) is 8.38. The van der Waals surface area contributed by atoms with Gasteiger partial charge in [0.1, 0.15) is 0 Å². The van der Waals surface area contributed by atoms with E-state index in [1.807, 2.05) is 24.3 Å². The van der Waals surface area contributed by atoms with Crippen molar-refractivity contribution in [2.45, 2.75) is 32.2 Å². The van der Waals surface area contributed by atoms with Crippen molar-refractivity contribution in [1.82, 2.24) is 0 Å². The van der Waals surface area contributed by atoms with Gasteiger partial charge < -0.3 is 10.0 Å². The van der Waals surface area contributed by atoms with Gasteiger partial charge in [-0.2, -0.15) is 0 Å². The molecule has 0 radical (unpaired) electrons. The molecule has 1 saturated heterocycles. The zero-order valence-electron chi connectivity index (χ0n) is 10.7. The van der Waals surface area contributed by atoms with Crippen LogP contribution in [0.3, 0.4) is 0 Å². The average molecular weight is 268 g/mol. The molecule has 0 saturated carbocycles. The molecule has 0 spiro atoms. The highest BCUT2D eigenvalue weighted by atomic mass is 35.5. The number of carboxylic acids is 1. The third kappa shape index (κ3) is 2.78. The molecule has 0 aromatic heterocycles. The standard InChI is InChI=1S/C14H18ClNO2/c1-14(2)8-10(6-13(17)18)9-16(14)12-5-3-4-11(15)7-12/h3-5,7,10H,6,8-9H2,1-2H3,(H,17,18). The molecule has 1 N–H and O–H groups in total. The number of nitrogens with zero attached hydrogens (tertiary/aromatic N) is 1. The van der Waals surface area contributed by atoms with E-state index in [2.05, 4.69) is 18.7 Å². The maximum Gasteiger partial charge on any atom is 0.303 e. The normalized spacial score (nSPS) is 22.2. The number of benzene rings is 1. The minimum atomic E-state index is -0.719. The lowest BCUT2D eigenvalue weighted by Crippen LogP contribution is -2.38. The molecular weight excluding hydrogens is 250 g/mol. The van der Waals surface area contributed by atoms with E-state index in [0.29, 0.717) is 5.02 Å². The molecule has 18 heavy (non-hydrogen) atoms. The zero-order valence-corrected chi connectivity index (χ0v) is 11.4. The van der Waals surface area contributed by atoms with Crippen LogP contribution in [0.5, 0.6) is 0 Å². The van der Waals surface area contributed by atoms with Gasteiger partial charge in [0.2, 0.25) is 0 Å². The van der Waals surface area contributed by atoms with Crippen LogP contribution in [0.25, 0.3) is 0 Å². The summed E-state index contributed by atoms with van der Waals surface area (Å²) in [5, 5.41) is 9.62. The summed E-state index contributed by atoms with van der Waals surface area (Å²) >= 11 is 6.02. The van der Waals surface area contributed by atoms with Gasteiger partial charge in [-0.05, 0) is 44.4 Å². The fourth-order valence-corrected chi connectivity index (χ4v) is 3.05. The largest absolute Gasteiger partial charge is 0.481 e.